The number of hydrogen-bond acceptors (Lipinski definition) is 7. The molecule has 0 aromatic heterocycles. The average Bonchev–Trinajstić information content (AvgIpc) is 2.91. The quantitative estimate of drug-likeness (QED) is 0.217. The number of methoxy groups -OCH3 is 2. The summed E-state index contributed by atoms with van der Waals surface area (Å²) >= 11 is 0. The molecule has 0 saturated carbocycles. The second kappa shape index (κ2) is 12.9. The normalized spacial score (nSPS) is 10.1. The third-order valence-corrected chi connectivity index (χ3v) is 5.01. The molecule has 0 amide bonds. The number of carbonyl (C=O) groups is 2. The number of benzene rings is 4. The number of carbonyl (C=O) groups excluding carboxylic acids is 2. The molecule has 0 unspecified atom stereocenters. The van der Waals surface area contributed by atoms with Gasteiger partial charge in [-0.2, -0.15) is 0 Å². The first-order chi connectivity index (χ1) is 17.9. The van der Waals surface area contributed by atoms with Crippen LogP contribution in [0.3, 0.4) is 0 Å². The van der Waals surface area contributed by atoms with Gasteiger partial charge in [-0.15, -0.1) is 0 Å². The van der Waals surface area contributed by atoms with E-state index >= 15 is 0 Å². The fraction of sp³-hybridized carbons (Fsp3) is 0.172. The van der Waals surface area contributed by atoms with Crippen molar-refractivity contribution in [3.63, 3.8) is 0 Å². The van der Waals surface area contributed by atoms with Crippen molar-refractivity contribution in [1.29, 1.82) is 0 Å². The largest absolute Gasteiger partial charge is 0.493 e. The summed E-state index contributed by atoms with van der Waals surface area (Å²) in [6, 6.07) is 22.0. The lowest BCUT2D eigenvalue weighted by Crippen LogP contribution is -2.11. The Balaban J connectivity index is 0.000000555. The van der Waals surface area contributed by atoms with Crippen molar-refractivity contribution < 1.29 is 37.7 Å². The maximum Gasteiger partial charge on any atom is 0.343 e. The van der Waals surface area contributed by atoms with Gasteiger partial charge < -0.3 is 23.7 Å². The van der Waals surface area contributed by atoms with E-state index in [4.69, 9.17) is 23.7 Å². The van der Waals surface area contributed by atoms with Crippen molar-refractivity contribution in [1.82, 2.24) is 0 Å². The zero-order chi connectivity index (χ0) is 26.8. The lowest BCUT2D eigenvalue weighted by Gasteiger charge is -2.20. The van der Waals surface area contributed by atoms with E-state index in [0.717, 1.165) is 12.1 Å². The molecule has 37 heavy (non-hydrogen) atoms. The van der Waals surface area contributed by atoms with E-state index in [2.05, 4.69) is 0 Å². The molecule has 8 heteroatoms. The van der Waals surface area contributed by atoms with Crippen LogP contribution in [0.1, 0.15) is 24.2 Å². The molecular formula is C29H27FO7. The van der Waals surface area contributed by atoms with Crippen LogP contribution in [0.25, 0.3) is 10.8 Å². The zero-order valence-electron chi connectivity index (χ0n) is 20.9. The molecule has 0 bridgehead atoms. The van der Waals surface area contributed by atoms with Crippen molar-refractivity contribution in [2.24, 2.45) is 0 Å². The first kappa shape index (κ1) is 27.0. The van der Waals surface area contributed by atoms with Gasteiger partial charge in [-0.25, -0.2) is 9.18 Å². The minimum absolute atomic E-state index is 0.0427. The number of esters is 2. The molecule has 0 aliphatic rings. The second-order valence-electron chi connectivity index (χ2n) is 7.48. The first-order valence-electron chi connectivity index (χ1n) is 11.4. The number of fused-ring (bicyclic) bond motifs is 1. The number of rotatable bonds is 7. The van der Waals surface area contributed by atoms with Crippen LogP contribution in [-0.2, 0) is 4.79 Å². The van der Waals surface area contributed by atoms with Gasteiger partial charge in [-0.3, -0.25) is 4.79 Å². The average molecular weight is 507 g/mol. The van der Waals surface area contributed by atoms with Crippen molar-refractivity contribution in [3.05, 3.63) is 90.2 Å². The van der Waals surface area contributed by atoms with Crippen molar-refractivity contribution in [2.45, 2.75) is 13.8 Å². The second-order valence-corrected chi connectivity index (χ2v) is 7.48. The van der Waals surface area contributed by atoms with Crippen LogP contribution in [-0.4, -0.2) is 32.8 Å². The Hall–Kier alpha value is -4.59. The first-order valence-corrected chi connectivity index (χ1v) is 11.4. The highest BCUT2D eigenvalue weighted by atomic mass is 19.1. The van der Waals surface area contributed by atoms with Crippen LogP contribution in [0.15, 0.2) is 78.9 Å². The van der Waals surface area contributed by atoms with Gasteiger partial charge in [-0.05, 0) is 37.3 Å². The molecule has 0 fully saturated rings. The summed E-state index contributed by atoms with van der Waals surface area (Å²) in [7, 11) is 2.73. The van der Waals surface area contributed by atoms with Crippen LogP contribution in [0.5, 0.6) is 28.7 Å². The maximum absolute atomic E-state index is 13.2. The van der Waals surface area contributed by atoms with Crippen LogP contribution in [0.2, 0.25) is 0 Å². The highest BCUT2D eigenvalue weighted by molar-refractivity contribution is 6.05. The zero-order valence-corrected chi connectivity index (χ0v) is 20.9. The fourth-order valence-electron chi connectivity index (χ4n) is 3.51. The van der Waals surface area contributed by atoms with Gasteiger partial charge in [0.05, 0.1) is 31.8 Å². The summed E-state index contributed by atoms with van der Waals surface area (Å²) in [5.74, 6) is -1.17. The van der Waals surface area contributed by atoms with Crippen molar-refractivity contribution >= 4 is 22.7 Å². The standard InChI is InChI=1S/C23H21FO7.C6H6/c1-5-29-17-8-6-7-16-18(17)20(30-13(2)25)22(28-4)21(27-3)19(16)31-23(26)14-9-11-15(24)12-10-14;1-2-4-6-5-3-1/h6-12H,5H2,1-4H3;1-6H. The molecular weight excluding hydrogens is 479 g/mol. The molecule has 0 heterocycles. The minimum atomic E-state index is -0.733. The summed E-state index contributed by atoms with van der Waals surface area (Å²) in [4.78, 5) is 24.5. The third-order valence-electron chi connectivity index (χ3n) is 5.01. The Morgan fingerprint density at radius 3 is 1.81 bits per heavy atom. The Morgan fingerprint density at radius 1 is 0.730 bits per heavy atom. The van der Waals surface area contributed by atoms with Crippen molar-refractivity contribution in [2.75, 3.05) is 20.8 Å². The molecule has 0 saturated heterocycles. The third kappa shape index (κ3) is 6.55. The summed E-state index contributed by atoms with van der Waals surface area (Å²) < 4.78 is 40.9. The molecule has 4 aromatic rings. The van der Waals surface area contributed by atoms with E-state index in [1.807, 2.05) is 36.4 Å². The molecule has 0 spiro atoms. The molecule has 192 valence electrons. The molecule has 0 aliphatic carbocycles. The fourth-order valence-corrected chi connectivity index (χ4v) is 3.51. The number of halogens is 1. The van der Waals surface area contributed by atoms with E-state index in [9.17, 15) is 14.0 Å². The van der Waals surface area contributed by atoms with E-state index < -0.39 is 17.8 Å². The minimum Gasteiger partial charge on any atom is -0.493 e. The van der Waals surface area contributed by atoms with Gasteiger partial charge in [0.1, 0.15) is 11.6 Å². The number of hydrogen-bond donors (Lipinski definition) is 0. The smallest absolute Gasteiger partial charge is 0.343 e. The molecule has 4 rings (SSSR count). The van der Waals surface area contributed by atoms with Crippen molar-refractivity contribution in [3.8, 4) is 28.7 Å². The molecule has 7 nitrogen and oxygen atoms in total. The number of ether oxygens (including phenoxy) is 5. The van der Waals surface area contributed by atoms with Gasteiger partial charge in [0, 0.05) is 12.3 Å². The SMILES string of the molecule is CCOc1cccc2c(OC(=O)c3ccc(F)cc3)c(OC)c(OC)c(OC(C)=O)c12.c1ccccc1. The summed E-state index contributed by atoms with van der Waals surface area (Å²) in [6.45, 7) is 3.40. The Morgan fingerprint density at radius 2 is 1.30 bits per heavy atom. The predicted molar refractivity (Wildman–Crippen MR) is 137 cm³/mol. The van der Waals surface area contributed by atoms with Gasteiger partial charge in [0.2, 0.25) is 11.5 Å². The van der Waals surface area contributed by atoms with Gasteiger partial charge in [0.15, 0.2) is 11.5 Å². The Kier molecular flexibility index (Phi) is 9.43. The molecule has 0 aliphatic heterocycles. The maximum atomic E-state index is 13.2. The molecule has 0 N–H and O–H groups in total. The molecule has 0 atom stereocenters. The lowest BCUT2D eigenvalue weighted by atomic mass is 10.1. The van der Waals surface area contributed by atoms with Gasteiger partial charge in [0.25, 0.3) is 0 Å². The monoisotopic (exact) mass is 506 g/mol. The van der Waals surface area contributed by atoms with E-state index in [1.54, 1.807) is 25.1 Å². The van der Waals surface area contributed by atoms with Crippen LogP contribution >= 0.6 is 0 Å². The highest BCUT2D eigenvalue weighted by Crippen LogP contribution is 2.53. The van der Waals surface area contributed by atoms with E-state index in [-0.39, 0.29) is 28.6 Å². The summed E-state index contributed by atoms with van der Waals surface area (Å²) in [6.07, 6.45) is 0. The van der Waals surface area contributed by atoms with E-state index in [0.29, 0.717) is 23.1 Å². The topological polar surface area (TPSA) is 80.3 Å². The summed E-state index contributed by atoms with van der Waals surface area (Å²) in [5.41, 5.74) is 0.139. The predicted octanol–water partition coefficient (Wildman–Crippen LogP) is 6.23. The lowest BCUT2D eigenvalue weighted by molar-refractivity contribution is -0.131. The molecule has 4 aromatic carbocycles. The van der Waals surface area contributed by atoms with Gasteiger partial charge in [-0.1, -0.05) is 48.5 Å². The summed E-state index contributed by atoms with van der Waals surface area (Å²) in [5, 5.41) is 0.773. The highest BCUT2D eigenvalue weighted by Gasteiger charge is 2.28. The van der Waals surface area contributed by atoms with Crippen LogP contribution < -0.4 is 23.7 Å². The van der Waals surface area contributed by atoms with E-state index in [1.165, 1.54) is 33.3 Å². The van der Waals surface area contributed by atoms with Gasteiger partial charge >= 0.3 is 11.9 Å². The van der Waals surface area contributed by atoms with Crippen LogP contribution in [0.4, 0.5) is 4.39 Å². The van der Waals surface area contributed by atoms with Crippen LogP contribution in [0, 0.1) is 5.82 Å². The molecule has 0 radical (unpaired) electrons. The Labute approximate surface area is 214 Å². The Bertz CT molecular complexity index is 1330.